The van der Waals surface area contributed by atoms with Gasteiger partial charge in [-0.1, -0.05) is 18.2 Å². The molecule has 0 unspecified atom stereocenters. The SMILES string of the molecule is CC(=O)N1CCC(NCc2coc3ccccc23)CC1. The Morgan fingerprint density at radius 1 is 1.35 bits per heavy atom. The molecule has 0 bridgehead atoms. The fourth-order valence-corrected chi connectivity index (χ4v) is 2.82. The minimum Gasteiger partial charge on any atom is -0.464 e. The molecule has 0 saturated carbocycles. The fraction of sp³-hybridized carbons (Fsp3) is 0.438. The summed E-state index contributed by atoms with van der Waals surface area (Å²) in [7, 11) is 0. The molecule has 1 aromatic carbocycles. The van der Waals surface area contributed by atoms with Gasteiger partial charge in [-0.3, -0.25) is 4.79 Å². The highest BCUT2D eigenvalue weighted by Gasteiger charge is 2.20. The molecule has 3 rings (SSSR count). The molecule has 0 spiro atoms. The zero-order valence-corrected chi connectivity index (χ0v) is 11.8. The van der Waals surface area contributed by atoms with Crippen LogP contribution in [0.3, 0.4) is 0 Å². The highest BCUT2D eigenvalue weighted by atomic mass is 16.3. The van der Waals surface area contributed by atoms with Gasteiger partial charge in [0, 0.05) is 43.5 Å². The zero-order chi connectivity index (χ0) is 13.9. The molecule has 1 aromatic heterocycles. The van der Waals surface area contributed by atoms with Crippen LogP contribution in [0.1, 0.15) is 25.3 Å². The first-order valence-corrected chi connectivity index (χ1v) is 7.18. The monoisotopic (exact) mass is 272 g/mol. The van der Waals surface area contributed by atoms with Crippen molar-refractivity contribution >= 4 is 16.9 Å². The summed E-state index contributed by atoms with van der Waals surface area (Å²) in [6.45, 7) is 4.19. The van der Waals surface area contributed by atoms with Gasteiger partial charge in [0.25, 0.3) is 0 Å². The molecule has 2 heterocycles. The maximum absolute atomic E-state index is 11.3. The van der Waals surface area contributed by atoms with Gasteiger partial charge in [0.1, 0.15) is 5.58 Å². The summed E-state index contributed by atoms with van der Waals surface area (Å²) in [6.07, 6.45) is 3.88. The number of hydrogen-bond acceptors (Lipinski definition) is 3. The lowest BCUT2D eigenvalue weighted by Gasteiger charge is -2.31. The number of furan rings is 1. The molecule has 1 amide bonds. The van der Waals surface area contributed by atoms with Crippen LogP contribution < -0.4 is 5.32 Å². The van der Waals surface area contributed by atoms with E-state index in [1.807, 2.05) is 29.4 Å². The Labute approximate surface area is 118 Å². The highest BCUT2D eigenvalue weighted by molar-refractivity contribution is 5.80. The third-order valence-electron chi connectivity index (χ3n) is 4.08. The highest BCUT2D eigenvalue weighted by Crippen LogP contribution is 2.21. The third kappa shape index (κ3) is 2.70. The Kier molecular flexibility index (Phi) is 3.74. The van der Waals surface area contributed by atoms with E-state index in [9.17, 15) is 4.79 Å². The number of carbonyl (C=O) groups excluding carboxylic acids is 1. The molecule has 2 aromatic rings. The number of nitrogens with zero attached hydrogens (tertiary/aromatic N) is 1. The second-order valence-corrected chi connectivity index (χ2v) is 5.42. The summed E-state index contributed by atoms with van der Waals surface area (Å²) in [5.41, 5.74) is 2.14. The standard InChI is InChI=1S/C16H20N2O2/c1-12(19)18-8-6-14(7-9-18)17-10-13-11-20-16-5-3-2-4-15(13)16/h2-5,11,14,17H,6-10H2,1H3. The molecule has 4 nitrogen and oxygen atoms in total. The fourth-order valence-electron chi connectivity index (χ4n) is 2.82. The van der Waals surface area contributed by atoms with E-state index in [2.05, 4.69) is 11.4 Å². The van der Waals surface area contributed by atoms with Crippen LogP contribution in [0.5, 0.6) is 0 Å². The van der Waals surface area contributed by atoms with Crippen LogP contribution in [0.15, 0.2) is 34.9 Å². The Morgan fingerprint density at radius 3 is 2.85 bits per heavy atom. The van der Waals surface area contributed by atoms with Crippen molar-refractivity contribution in [3.8, 4) is 0 Å². The summed E-state index contributed by atoms with van der Waals surface area (Å²) in [5, 5.41) is 4.76. The Morgan fingerprint density at radius 2 is 2.10 bits per heavy atom. The molecule has 1 N–H and O–H groups in total. The molecule has 0 atom stereocenters. The number of carbonyl (C=O) groups is 1. The van der Waals surface area contributed by atoms with E-state index in [4.69, 9.17) is 4.42 Å². The van der Waals surface area contributed by atoms with Gasteiger partial charge in [-0.25, -0.2) is 0 Å². The van der Waals surface area contributed by atoms with E-state index in [0.717, 1.165) is 38.1 Å². The van der Waals surface area contributed by atoms with E-state index in [-0.39, 0.29) is 5.91 Å². The lowest BCUT2D eigenvalue weighted by molar-refractivity contribution is -0.129. The quantitative estimate of drug-likeness (QED) is 0.934. The summed E-state index contributed by atoms with van der Waals surface area (Å²) in [6, 6.07) is 8.59. The molecule has 1 saturated heterocycles. The second-order valence-electron chi connectivity index (χ2n) is 5.42. The first-order chi connectivity index (χ1) is 9.74. The normalized spacial score (nSPS) is 16.8. The maximum atomic E-state index is 11.3. The van der Waals surface area contributed by atoms with Crippen molar-refractivity contribution in [3.05, 3.63) is 36.1 Å². The van der Waals surface area contributed by atoms with Crippen molar-refractivity contribution in [1.29, 1.82) is 0 Å². The number of likely N-dealkylation sites (tertiary alicyclic amines) is 1. The Balaban J connectivity index is 1.57. The van der Waals surface area contributed by atoms with Crippen LogP contribution in [0, 0.1) is 0 Å². The molecule has 1 aliphatic rings. The molecule has 4 heteroatoms. The molecular formula is C16H20N2O2. The average molecular weight is 272 g/mol. The van der Waals surface area contributed by atoms with Gasteiger partial charge in [0.2, 0.25) is 5.91 Å². The van der Waals surface area contributed by atoms with Crippen molar-refractivity contribution in [2.45, 2.75) is 32.4 Å². The summed E-state index contributed by atoms with van der Waals surface area (Å²) in [4.78, 5) is 13.2. The number of benzene rings is 1. The summed E-state index contributed by atoms with van der Waals surface area (Å²) < 4.78 is 5.54. The lowest BCUT2D eigenvalue weighted by Crippen LogP contribution is -2.43. The van der Waals surface area contributed by atoms with Gasteiger partial charge in [-0.15, -0.1) is 0 Å². The van der Waals surface area contributed by atoms with Crippen molar-refractivity contribution < 1.29 is 9.21 Å². The average Bonchev–Trinajstić information content (AvgIpc) is 2.89. The van der Waals surface area contributed by atoms with Crippen molar-refractivity contribution in [1.82, 2.24) is 10.2 Å². The number of nitrogens with one attached hydrogen (secondary N) is 1. The van der Waals surface area contributed by atoms with E-state index >= 15 is 0 Å². The van der Waals surface area contributed by atoms with E-state index in [1.54, 1.807) is 6.92 Å². The molecule has 0 aliphatic carbocycles. The van der Waals surface area contributed by atoms with Crippen LogP contribution in [-0.4, -0.2) is 29.9 Å². The number of fused-ring (bicyclic) bond motifs is 1. The first kappa shape index (κ1) is 13.2. The van der Waals surface area contributed by atoms with Crippen molar-refractivity contribution in [2.75, 3.05) is 13.1 Å². The predicted octanol–water partition coefficient (Wildman–Crippen LogP) is 2.53. The van der Waals surface area contributed by atoms with Crippen molar-refractivity contribution in [2.24, 2.45) is 0 Å². The molecule has 106 valence electrons. The molecule has 20 heavy (non-hydrogen) atoms. The number of rotatable bonds is 3. The van der Waals surface area contributed by atoms with Gasteiger partial charge in [0.05, 0.1) is 6.26 Å². The second kappa shape index (κ2) is 5.67. The van der Waals surface area contributed by atoms with Crippen LogP contribution in [0.2, 0.25) is 0 Å². The van der Waals surface area contributed by atoms with Gasteiger partial charge in [-0.2, -0.15) is 0 Å². The van der Waals surface area contributed by atoms with E-state index in [1.165, 1.54) is 10.9 Å². The van der Waals surface area contributed by atoms with Gasteiger partial charge < -0.3 is 14.6 Å². The Bertz CT molecular complexity index is 597. The molecule has 1 aliphatic heterocycles. The lowest BCUT2D eigenvalue weighted by atomic mass is 10.0. The van der Waals surface area contributed by atoms with Gasteiger partial charge >= 0.3 is 0 Å². The zero-order valence-electron chi connectivity index (χ0n) is 11.8. The molecular weight excluding hydrogens is 252 g/mol. The van der Waals surface area contributed by atoms with Crippen LogP contribution in [-0.2, 0) is 11.3 Å². The number of para-hydroxylation sites is 1. The van der Waals surface area contributed by atoms with E-state index < -0.39 is 0 Å². The molecule has 1 fully saturated rings. The van der Waals surface area contributed by atoms with Crippen LogP contribution in [0.25, 0.3) is 11.0 Å². The smallest absolute Gasteiger partial charge is 0.219 e. The molecule has 0 radical (unpaired) electrons. The largest absolute Gasteiger partial charge is 0.464 e. The van der Waals surface area contributed by atoms with Gasteiger partial charge in [0.15, 0.2) is 0 Å². The Hall–Kier alpha value is -1.81. The maximum Gasteiger partial charge on any atom is 0.219 e. The number of hydrogen-bond donors (Lipinski definition) is 1. The summed E-state index contributed by atoms with van der Waals surface area (Å²) in [5.74, 6) is 0.185. The van der Waals surface area contributed by atoms with Crippen LogP contribution in [0.4, 0.5) is 0 Å². The predicted molar refractivity (Wildman–Crippen MR) is 78.3 cm³/mol. The number of piperidine rings is 1. The number of amides is 1. The first-order valence-electron chi connectivity index (χ1n) is 7.18. The van der Waals surface area contributed by atoms with Gasteiger partial charge in [-0.05, 0) is 18.9 Å². The topological polar surface area (TPSA) is 45.5 Å². The minimum atomic E-state index is 0.185. The third-order valence-corrected chi connectivity index (χ3v) is 4.08. The summed E-state index contributed by atoms with van der Waals surface area (Å²) >= 11 is 0. The van der Waals surface area contributed by atoms with E-state index in [0.29, 0.717) is 6.04 Å². The minimum absolute atomic E-state index is 0.185. The van der Waals surface area contributed by atoms with Crippen LogP contribution >= 0.6 is 0 Å². The van der Waals surface area contributed by atoms with Crippen molar-refractivity contribution in [3.63, 3.8) is 0 Å².